The van der Waals surface area contributed by atoms with Gasteiger partial charge in [0.2, 0.25) is 5.91 Å². The van der Waals surface area contributed by atoms with E-state index in [1.807, 2.05) is 13.8 Å². The van der Waals surface area contributed by atoms with Crippen LogP contribution in [0, 0.1) is 11.8 Å². The highest BCUT2D eigenvalue weighted by molar-refractivity contribution is 5.78. The Morgan fingerprint density at radius 2 is 1.89 bits per heavy atom. The molecule has 4 heteroatoms. The van der Waals surface area contributed by atoms with E-state index in [2.05, 4.69) is 17.1 Å². The van der Waals surface area contributed by atoms with Crippen LogP contribution in [0.25, 0.3) is 0 Å². The van der Waals surface area contributed by atoms with E-state index in [4.69, 9.17) is 0 Å². The molecule has 1 atom stereocenters. The molecule has 1 aliphatic heterocycles. The predicted molar refractivity (Wildman–Crippen MR) is 77.9 cm³/mol. The first-order valence-corrected chi connectivity index (χ1v) is 7.74. The summed E-state index contributed by atoms with van der Waals surface area (Å²) in [5, 5.41) is 12.9. The quantitative estimate of drug-likeness (QED) is 0.739. The number of aliphatic hydroxyl groups is 1. The van der Waals surface area contributed by atoms with E-state index in [0.29, 0.717) is 13.1 Å². The first-order valence-electron chi connectivity index (χ1n) is 7.74. The maximum Gasteiger partial charge on any atom is 0.223 e. The fourth-order valence-electron chi connectivity index (χ4n) is 2.63. The maximum absolute atomic E-state index is 11.8. The summed E-state index contributed by atoms with van der Waals surface area (Å²) in [4.78, 5) is 14.1. The summed E-state index contributed by atoms with van der Waals surface area (Å²) < 4.78 is 0. The fraction of sp³-hybridized carbons (Fsp3) is 0.933. The van der Waals surface area contributed by atoms with Crippen LogP contribution in [0.2, 0.25) is 0 Å². The van der Waals surface area contributed by atoms with E-state index in [9.17, 15) is 9.90 Å². The van der Waals surface area contributed by atoms with Gasteiger partial charge in [0.1, 0.15) is 0 Å². The van der Waals surface area contributed by atoms with Gasteiger partial charge in [-0.2, -0.15) is 0 Å². The summed E-state index contributed by atoms with van der Waals surface area (Å²) >= 11 is 0. The molecule has 0 aromatic carbocycles. The average molecular weight is 270 g/mol. The Morgan fingerprint density at radius 1 is 1.32 bits per heavy atom. The van der Waals surface area contributed by atoms with Crippen molar-refractivity contribution >= 4 is 5.91 Å². The summed E-state index contributed by atoms with van der Waals surface area (Å²) in [5.41, 5.74) is 0. The molecule has 1 fully saturated rings. The van der Waals surface area contributed by atoms with Gasteiger partial charge in [0, 0.05) is 19.0 Å². The Kier molecular flexibility index (Phi) is 7.39. The van der Waals surface area contributed by atoms with Gasteiger partial charge in [-0.3, -0.25) is 4.79 Å². The minimum atomic E-state index is -0.452. The van der Waals surface area contributed by atoms with Gasteiger partial charge in [0.15, 0.2) is 0 Å². The molecule has 112 valence electrons. The molecule has 2 N–H and O–H groups in total. The topological polar surface area (TPSA) is 52.6 Å². The minimum absolute atomic E-state index is 0.0799. The normalized spacial score (nSPS) is 19.6. The molecule has 1 heterocycles. The zero-order valence-corrected chi connectivity index (χ0v) is 12.7. The molecule has 0 aliphatic carbocycles. The van der Waals surface area contributed by atoms with Gasteiger partial charge in [-0.25, -0.2) is 0 Å². The van der Waals surface area contributed by atoms with Gasteiger partial charge < -0.3 is 15.3 Å². The van der Waals surface area contributed by atoms with E-state index < -0.39 is 6.10 Å². The summed E-state index contributed by atoms with van der Waals surface area (Å²) in [6, 6.07) is 0. The van der Waals surface area contributed by atoms with Gasteiger partial charge in [-0.15, -0.1) is 0 Å². The molecule has 1 unspecified atom stereocenters. The number of β-amino-alcohol motifs (C(OH)–C–C–N with tert-alkyl or cyclic N) is 1. The molecule has 0 saturated carbocycles. The van der Waals surface area contributed by atoms with E-state index in [1.165, 1.54) is 12.8 Å². The molecule has 0 aromatic rings. The van der Waals surface area contributed by atoms with Crippen LogP contribution >= 0.6 is 0 Å². The molecular weight excluding hydrogens is 240 g/mol. The van der Waals surface area contributed by atoms with Crippen LogP contribution in [0.15, 0.2) is 0 Å². The second-order valence-corrected chi connectivity index (χ2v) is 5.90. The van der Waals surface area contributed by atoms with Crippen LogP contribution in [0.4, 0.5) is 0 Å². The first-order chi connectivity index (χ1) is 9.06. The lowest BCUT2D eigenvalue weighted by atomic mass is 9.99. The van der Waals surface area contributed by atoms with E-state index in [1.54, 1.807) is 0 Å². The number of carbonyl (C=O) groups excluding carboxylic acids is 1. The Hall–Kier alpha value is -0.610. The SMILES string of the molecule is CCC(CC)C(=O)NCC(O)CN1CCC(C)CC1. The van der Waals surface area contributed by atoms with Crippen molar-refractivity contribution in [3.63, 3.8) is 0 Å². The van der Waals surface area contributed by atoms with Gasteiger partial charge >= 0.3 is 0 Å². The monoisotopic (exact) mass is 270 g/mol. The Bertz CT molecular complexity index is 259. The highest BCUT2D eigenvalue weighted by Crippen LogP contribution is 2.15. The van der Waals surface area contributed by atoms with Crippen LogP contribution in [0.1, 0.15) is 46.5 Å². The van der Waals surface area contributed by atoms with Gasteiger partial charge in [0.05, 0.1) is 6.10 Å². The molecule has 4 nitrogen and oxygen atoms in total. The molecule has 0 aromatic heterocycles. The zero-order chi connectivity index (χ0) is 14.3. The van der Waals surface area contributed by atoms with Crippen molar-refractivity contribution in [3.8, 4) is 0 Å². The van der Waals surface area contributed by atoms with Gasteiger partial charge in [-0.1, -0.05) is 20.8 Å². The third-order valence-electron chi connectivity index (χ3n) is 4.21. The molecule has 1 aliphatic rings. The lowest BCUT2D eigenvalue weighted by molar-refractivity contribution is -0.125. The molecule has 0 spiro atoms. The fourth-order valence-corrected chi connectivity index (χ4v) is 2.63. The van der Waals surface area contributed by atoms with Crippen LogP contribution in [0.3, 0.4) is 0 Å². The average Bonchev–Trinajstić information content (AvgIpc) is 2.40. The van der Waals surface area contributed by atoms with Crippen molar-refractivity contribution in [2.45, 2.75) is 52.6 Å². The highest BCUT2D eigenvalue weighted by atomic mass is 16.3. The van der Waals surface area contributed by atoms with Crippen LogP contribution in [-0.2, 0) is 4.79 Å². The number of likely N-dealkylation sites (tertiary alicyclic amines) is 1. The van der Waals surface area contributed by atoms with Crippen molar-refractivity contribution in [1.82, 2.24) is 10.2 Å². The first kappa shape index (κ1) is 16.4. The number of nitrogens with zero attached hydrogens (tertiary/aromatic N) is 1. The summed E-state index contributed by atoms with van der Waals surface area (Å²) in [6.07, 6.45) is 3.71. The number of carbonyl (C=O) groups is 1. The highest BCUT2D eigenvalue weighted by Gasteiger charge is 2.19. The third kappa shape index (κ3) is 5.91. The van der Waals surface area contributed by atoms with Crippen LogP contribution in [-0.4, -0.2) is 48.2 Å². The van der Waals surface area contributed by atoms with Crippen molar-refractivity contribution in [3.05, 3.63) is 0 Å². The smallest absolute Gasteiger partial charge is 0.223 e. The molecule has 1 rings (SSSR count). The Labute approximate surface area is 117 Å². The van der Waals surface area contributed by atoms with Crippen molar-refractivity contribution in [2.24, 2.45) is 11.8 Å². The summed E-state index contributed by atoms with van der Waals surface area (Å²) in [5.74, 6) is 0.974. The lowest BCUT2D eigenvalue weighted by Crippen LogP contribution is -2.44. The van der Waals surface area contributed by atoms with Crippen LogP contribution in [0.5, 0.6) is 0 Å². The maximum atomic E-state index is 11.8. The molecule has 0 radical (unpaired) electrons. The third-order valence-corrected chi connectivity index (χ3v) is 4.21. The standard InChI is InChI=1S/C15H30N2O2/c1-4-13(5-2)15(19)16-10-14(18)11-17-8-6-12(3)7-9-17/h12-14,18H,4-11H2,1-3H3,(H,16,19). The molecular formula is C15H30N2O2. The zero-order valence-electron chi connectivity index (χ0n) is 12.7. The van der Waals surface area contributed by atoms with Crippen LogP contribution < -0.4 is 5.32 Å². The number of hydrogen-bond acceptors (Lipinski definition) is 3. The van der Waals surface area contributed by atoms with Crippen molar-refractivity contribution in [1.29, 1.82) is 0 Å². The molecule has 1 amide bonds. The number of amides is 1. The lowest BCUT2D eigenvalue weighted by Gasteiger charge is -2.31. The number of piperidine rings is 1. The van der Waals surface area contributed by atoms with Crippen molar-refractivity contribution in [2.75, 3.05) is 26.2 Å². The number of aliphatic hydroxyl groups excluding tert-OH is 1. The minimum Gasteiger partial charge on any atom is -0.390 e. The van der Waals surface area contributed by atoms with E-state index >= 15 is 0 Å². The summed E-state index contributed by atoms with van der Waals surface area (Å²) in [6.45, 7) is 9.52. The second kappa shape index (κ2) is 8.54. The molecule has 19 heavy (non-hydrogen) atoms. The summed E-state index contributed by atoms with van der Waals surface area (Å²) in [7, 11) is 0. The predicted octanol–water partition coefficient (Wildman–Crippen LogP) is 1.63. The molecule has 0 bridgehead atoms. The number of hydrogen-bond donors (Lipinski definition) is 2. The van der Waals surface area contributed by atoms with Gasteiger partial charge in [-0.05, 0) is 44.7 Å². The Morgan fingerprint density at radius 3 is 2.42 bits per heavy atom. The molecule has 1 saturated heterocycles. The number of nitrogens with one attached hydrogen (secondary N) is 1. The van der Waals surface area contributed by atoms with Gasteiger partial charge in [0.25, 0.3) is 0 Å². The largest absolute Gasteiger partial charge is 0.390 e. The Balaban J connectivity index is 2.20. The van der Waals surface area contributed by atoms with E-state index in [0.717, 1.165) is 31.8 Å². The van der Waals surface area contributed by atoms with Crippen molar-refractivity contribution < 1.29 is 9.90 Å². The number of rotatable bonds is 7. The van der Waals surface area contributed by atoms with E-state index in [-0.39, 0.29) is 11.8 Å². The second-order valence-electron chi connectivity index (χ2n) is 5.90.